The standard InChI is InChI=1S/C74H120O6/c1-4-7-10-13-16-19-22-24-26-28-30-32-34-36-37-39-40-42-44-46-48-50-52-55-58-61-64-67-73(76)79-70-71(69-78-72(75)66-63-60-57-54-21-18-15-12-9-6-3)80-74(77)68-65-62-59-56-53-51-49-47-45-43-41-38-35-33-31-29-27-25-23-20-17-14-11-8-5-2/h7-8,10-12,15-17,19-20,24-27,30-33,36-38,40-42,71H,4-6,9,13-14,18,21-23,28-29,34-35,39,43-70H2,1-3H3/b10-7-,11-8-,15-12-,19-16-,20-17-,26-24-,27-25-,32-30-,33-31-,37-36-,41-38-,42-40-. The van der Waals surface area contributed by atoms with Crippen LogP contribution in [0.4, 0.5) is 0 Å². The van der Waals surface area contributed by atoms with Crippen LogP contribution in [0.15, 0.2) is 146 Å². The fourth-order valence-electron chi connectivity index (χ4n) is 8.71. The van der Waals surface area contributed by atoms with Crippen LogP contribution in [0.3, 0.4) is 0 Å². The van der Waals surface area contributed by atoms with Gasteiger partial charge in [-0.2, -0.15) is 0 Å². The van der Waals surface area contributed by atoms with Crippen LogP contribution in [0, 0.1) is 0 Å². The molecule has 0 aliphatic carbocycles. The van der Waals surface area contributed by atoms with E-state index in [-0.39, 0.29) is 31.1 Å². The number of esters is 3. The molecule has 0 bridgehead atoms. The van der Waals surface area contributed by atoms with Crippen LogP contribution < -0.4 is 0 Å². The van der Waals surface area contributed by atoms with E-state index in [1.54, 1.807) is 0 Å². The number of hydrogen-bond donors (Lipinski definition) is 0. The Kier molecular flexibility index (Phi) is 62.9. The van der Waals surface area contributed by atoms with Crippen molar-refractivity contribution < 1.29 is 28.6 Å². The van der Waals surface area contributed by atoms with Crippen molar-refractivity contribution in [1.29, 1.82) is 0 Å². The van der Waals surface area contributed by atoms with E-state index in [9.17, 15) is 14.4 Å². The van der Waals surface area contributed by atoms with Crippen molar-refractivity contribution >= 4 is 17.9 Å². The average Bonchev–Trinajstić information content (AvgIpc) is 3.46. The maximum Gasteiger partial charge on any atom is 0.306 e. The molecule has 0 N–H and O–H groups in total. The van der Waals surface area contributed by atoms with E-state index < -0.39 is 6.10 Å². The first-order chi connectivity index (χ1) is 39.5. The lowest BCUT2D eigenvalue weighted by Gasteiger charge is -2.18. The molecular formula is C74H120O6. The van der Waals surface area contributed by atoms with Gasteiger partial charge in [0, 0.05) is 19.3 Å². The minimum Gasteiger partial charge on any atom is -0.462 e. The van der Waals surface area contributed by atoms with E-state index in [2.05, 4.69) is 167 Å². The van der Waals surface area contributed by atoms with Crippen LogP contribution >= 0.6 is 0 Å². The van der Waals surface area contributed by atoms with Crippen molar-refractivity contribution in [1.82, 2.24) is 0 Å². The summed E-state index contributed by atoms with van der Waals surface area (Å²) in [6.07, 6.45) is 95.7. The lowest BCUT2D eigenvalue weighted by atomic mass is 10.1. The molecule has 0 aromatic heterocycles. The second kappa shape index (κ2) is 66.8. The molecule has 0 aromatic rings. The summed E-state index contributed by atoms with van der Waals surface area (Å²) in [7, 11) is 0. The number of carbonyl (C=O) groups excluding carboxylic acids is 3. The Bertz CT molecular complexity index is 1750. The SMILES string of the molecule is CC/C=C\C/C=C\C/C=C\C/C=C\C/C=C\C/C=C\CCCCCCCCCCC(=O)OCC(COC(=O)CCCCCCC/C=C\CCC)OC(=O)CCCCCCCCCCC/C=C\C/C=C\C/C=C\C/C=C\C/C=C\CC. The van der Waals surface area contributed by atoms with Gasteiger partial charge < -0.3 is 14.2 Å². The van der Waals surface area contributed by atoms with Crippen LogP contribution in [0.25, 0.3) is 0 Å². The Hall–Kier alpha value is -4.71. The Morgan fingerprint density at radius 3 is 0.775 bits per heavy atom. The van der Waals surface area contributed by atoms with E-state index in [1.165, 1.54) is 83.5 Å². The first-order valence-corrected chi connectivity index (χ1v) is 32.8. The molecule has 0 fully saturated rings. The number of allylic oxidation sites excluding steroid dienone is 24. The van der Waals surface area contributed by atoms with Gasteiger partial charge in [0.15, 0.2) is 6.10 Å². The van der Waals surface area contributed by atoms with Crippen molar-refractivity contribution in [2.45, 2.75) is 290 Å². The van der Waals surface area contributed by atoms with Crippen molar-refractivity contribution in [3.8, 4) is 0 Å². The largest absolute Gasteiger partial charge is 0.462 e. The zero-order valence-corrected chi connectivity index (χ0v) is 51.8. The minimum atomic E-state index is -0.795. The topological polar surface area (TPSA) is 78.9 Å². The van der Waals surface area contributed by atoms with Gasteiger partial charge in [0.1, 0.15) is 13.2 Å². The molecule has 1 atom stereocenters. The Balaban J connectivity index is 4.30. The molecule has 0 saturated heterocycles. The maximum absolute atomic E-state index is 12.9. The zero-order chi connectivity index (χ0) is 57.8. The summed E-state index contributed by atoms with van der Waals surface area (Å²) in [5.41, 5.74) is 0. The van der Waals surface area contributed by atoms with E-state index in [4.69, 9.17) is 14.2 Å². The van der Waals surface area contributed by atoms with Gasteiger partial charge in [-0.15, -0.1) is 0 Å². The highest BCUT2D eigenvalue weighted by molar-refractivity contribution is 5.71. The highest BCUT2D eigenvalue weighted by Gasteiger charge is 2.19. The predicted octanol–water partition coefficient (Wildman–Crippen LogP) is 22.7. The molecule has 452 valence electrons. The van der Waals surface area contributed by atoms with Crippen molar-refractivity contribution in [3.63, 3.8) is 0 Å². The molecule has 1 unspecified atom stereocenters. The summed E-state index contributed by atoms with van der Waals surface area (Å²) in [5, 5.41) is 0. The Morgan fingerprint density at radius 2 is 0.487 bits per heavy atom. The third kappa shape index (κ3) is 64.1. The van der Waals surface area contributed by atoms with Gasteiger partial charge >= 0.3 is 17.9 Å². The fourth-order valence-corrected chi connectivity index (χ4v) is 8.71. The van der Waals surface area contributed by atoms with Gasteiger partial charge in [0.05, 0.1) is 0 Å². The van der Waals surface area contributed by atoms with Gasteiger partial charge in [0.2, 0.25) is 0 Å². The van der Waals surface area contributed by atoms with Gasteiger partial charge in [-0.3, -0.25) is 14.4 Å². The molecule has 0 amide bonds. The monoisotopic (exact) mass is 1100 g/mol. The highest BCUT2D eigenvalue weighted by atomic mass is 16.6. The van der Waals surface area contributed by atoms with Crippen LogP contribution in [-0.4, -0.2) is 37.2 Å². The van der Waals surface area contributed by atoms with Crippen LogP contribution in [0.1, 0.15) is 284 Å². The van der Waals surface area contributed by atoms with E-state index >= 15 is 0 Å². The van der Waals surface area contributed by atoms with Crippen LogP contribution in [0.5, 0.6) is 0 Å². The lowest BCUT2D eigenvalue weighted by Crippen LogP contribution is -2.30. The Labute approximate surface area is 493 Å². The molecule has 80 heavy (non-hydrogen) atoms. The first-order valence-electron chi connectivity index (χ1n) is 32.8. The number of ether oxygens (including phenoxy) is 3. The second-order valence-electron chi connectivity index (χ2n) is 21.3. The number of rotatable bonds is 58. The number of unbranched alkanes of at least 4 members (excludes halogenated alkanes) is 23. The molecule has 0 aliphatic rings. The fraction of sp³-hybridized carbons (Fsp3) is 0.635. The predicted molar refractivity (Wildman–Crippen MR) is 348 cm³/mol. The molecule has 0 heterocycles. The molecule has 0 saturated carbocycles. The quantitative estimate of drug-likeness (QED) is 0.0261. The third-order valence-electron chi connectivity index (χ3n) is 13.5. The normalized spacial score (nSPS) is 13.1. The molecule has 0 spiro atoms. The maximum atomic E-state index is 12.9. The summed E-state index contributed by atoms with van der Waals surface area (Å²) in [5.74, 6) is -0.916. The summed E-state index contributed by atoms with van der Waals surface area (Å²) in [6, 6.07) is 0. The molecule has 6 heteroatoms. The van der Waals surface area contributed by atoms with Gasteiger partial charge in [-0.25, -0.2) is 0 Å². The molecule has 0 aromatic carbocycles. The van der Waals surface area contributed by atoms with E-state index in [0.29, 0.717) is 19.3 Å². The van der Waals surface area contributed by atoms with Crippen molar-refractivity contribution in [2.24, 2.45) is 0 Å². The molecule has 6 nitrogen and oxygen atoms in total. The van der Waals surface area contributed by atoms with Crippen LogP contribution in [0.2, 0.25) is 0 Å². The van der Waals surface area contributed by atoms with Crippen molar-refractivity contribution in [2.75, 3.05) is 13.2 Å². The summed E-state index contributed by atoms with van der Waals surface area (Å²) >= 11 is 0. The summed E-state index contributed by atoms with van der Waals surface area (Å²) in [6.45, 7) is 6.34. The number of hydrogen-bond acceptors (Lipinski definition) is 6. The molecule has 0 aliphatic heterocycles. The lowest BCUT2D eigenvalue weighted by molar-refractivity contribution is -0.167. The molecule has 0 rings (SSSR count). The highest BCUT2D eigenvalue weighted by Crippen LogP contribution is 2.15. The molecule has 0 radical (unpaired) electrons. The Morgan fingerprint density at radius 1 is 0.263 bits per heavy atom. The van der Waals surface area contributed by atoms with E-state index in [1.807, 2.05) is 0 Å². The molecular weight excluding hydrogens is 985 g/mol. The average molecular weight is 1110 g/mol. The van der Waals surface area contributed by atoms with E-state index in [0.717, 1.165) is 161 Å². The van der Waals surface area contributed by atoms with Gasteiger partial charge in [-0.05, 0) is 135 Å². The number of carbonyl (C=O) groups is 3. The van der Waals surface area contributed by atoms with Crippen molar-refractivity contribution in [3.05, 3.63) is 146 Å². The first kappa shape index (κ1) is 75.3. The third-order valence-corrected chi connectivity index (χ3v) is 13.5. The summed E-state index contributed by atoms with van der Waals surface area (Å²) < 4.78 is 16.9. The van der Waals surface area contributed by atoms with Gasteiger partial charge in [0.25, 0.3) is 0 Å². The van der Waals surface area contributed by atoms with Crippen LogP contribution in [-0.2, 0) is 28.6 Å². The smallest absolute Gasteiger partial charge is 0.306 e. The second-order valence-corrected chi connectivity index (χ2v) is 21.3. The summed E-state index contributed by atoms with van der Waals surface area (Å²) in [4.78, 5) is 38.3. The zero-order valence-electron chi connectivity index (χ0n) is 51.8. The van der Waals surface area contributed by atoms with Gasteiger partial charge in [-0.1, -0.05) is 276 Å². The minimum absolute atomic E-state index is 0.0916.